The fourth-order valence-electron chi connectivity index (χ4n) is 2.69. The molecule has 3 N–H and O–H groups in total. The largest absolute Gasteiger partial charge is 0.285 e. The summed E-state index contributed by atoms with van der Waals surface area (Å²) in [4.78, 5) is 0. The second kappa shape index (κ2) is 5.26. The lowest BCUT2D eigenvalue weighted by atomic mass is 10.2. The fraction of sp³-hybridized carbons (Fsp3) is 0.125. The van der Waals surface area contributed by atoms with Crippen molar-refractivity contribution in [3.63, 3.8) is 0 Å². The number of hydrogen-bond donors (Lipinski definition) is 3. The molecule has 2 aliphatic heterocycles. The molecule has 0 spiro atoms. The lowest BCUT2D eigenvalue weighted by Gasteiger charge is -2.23. The number of nitrogens with one attached hydrogen (secondary N) is 3. The molecule has 2 aromatic carbocycles. The summed E-state index contributed by atoms with van der Waals surface area (Å²) in [6.07, 6.45) is 0. The number of amidine groups is 2. The number of hydrogen-bond acceptors (Lipinski definition) is 5. The van der Waals surface area contributed by atoms with Crippen LogP contribution >= 0.6 is 11.6 Å². The van der Waals surface area contributed by atoms with Crippen LogP contribution in [0.15, 0.2) is 53.6 Å². The normalized spacial score (nSPS) is 19.7. The Morgan fingerprint density at radius 2 is 1.91 bits per heavy atom. The Bertz CT molecular complexity index is 803. The maximum Gasteiger partial charge on any atom is 0.170 e. The van der Waals surface area contributed by atoms with Crippen molar-refractivity contribution >= 4 is 34.6 Å². The Morgan fingerprint density at radius 3 is 2.65 bits per heavy atom. The van der Waals surface area contributed by atoms with E-state index in [4.69, 9.17) is 17.0 Å². The van der Waals surface area contributed by atoms with Crippen LogP contribution in [0.5, 0.6) is 0 Å². The molecule has 0 aromatic heterocycles. The summed E-state index contributed by atoms with van der Waals surface area (Å²) >= 11 is 6.18. The van der Waals surface area contributed by atoms with Crippen molar-refractivity contribution < 1.29 is 0 Å². The standard InChI is InChI=1S/C16H15ClN6/c1-10-12(17)8-5-9-13(10)23-19-14-15(18)22(20-16(14)21-23)11-6-3-2-4-7-11/h2-9,14,18-19H,1H3,(H,20,21). The number of halogens is 1. The number of fused-ring (bicyclic) bond motifs is 1. The summed E-state index contributed by atoms with van der Waals surface area (Å²) in [7, 11) is 0. The second-order valence-corrected chi connectivity index (χ2v) is 5.82. The highest BCUT2D eigenvalue weighted by Gasteiger charge is 2.41. The third-order valence-corrected chi connectivity index (χ3v) is 4.36. The van der Waals surface area contributed by atoms with E-state index in [0.29, 0.717) is 16.7 Å². The van der Waals surface area contributed by atoms with Gasteiger partial charge < -0.3 is 0 Å². The molecule has 2 heterocycles. The van der Waals surface area contributed by atoms with Gasteiger partial charge in [0.15, 0.2) is 5.84 Å². The molecule has 6 nitrogen and oxygen atoms in total. The van der Waals surface area contributed by atoms with E-state index in [9.17, 15) is 0 Å². The SMILES string of the molecule is Cc1c(Cl)cccc1N1N=C2NN(c3ccccc3)C(=N)C2N1. The van der Waals surface area contributed by atoms with E-state index in [-0.39, 0.29) is 6.04 Å². The van der Waals surface area contributed by atoms with Gasteiger partial charge in [-0.15, -0.1) is 5.10 Å². The van der Waals surface area contributed by atoms with E-state index in [0.717, 1.165) is 16.9 Å². The first-order valence-electron chi connectivity index (χ1n) is 7.25. The Hall–Kier alpha value is -2.57. The van der Waals surface area contributed by atoms with Crippen LogP contribution < -0.4 is 21.0 Å². The maximum absolute atomic E-state index is 8.39. The molecule has 0 saturated carbocycles. The van der Waals surface area contributed by atoms with Gasteiger partial charge in [0.1, 0.15) is 11.9 Å². The summed E-state index contributed by atoms with van der Waals surface area (Å²) in [5.41, 5.74) is 9.13. The van der Waals surface area contributed by atoms with Crippen LogP contribution in [0, 0.1) is 12.3 Å². The molecule has 1 atom stereocenters. The average Bonchev–Trinajstić information content (AvgIpc) is 3.11. The summed E-state index contributed by atoms with van der Waals surface area (Å²) < 4.78 is 0. The number of hydrazine groups is 2. The van der Waals surface area contributed by atoms with Crippen LogP contribution in [0.2, 0.25) is 5.02 Å². The third-order valence-electron chi connectivity index (χ3n) is 3.95. The van der Waals surface area contributed by atoms with Gasteiger partial charge in [-0.25, -0.2) is 5.01 Å². The molecule has 0 bridgehead atoms. The molecular weight excluding hydrogens is 312 g/mol. The van der Waals surface area contributed by atoms with Crippen LogP contribution in [0.3, 0.4) is 0 Å². The molecule has 116 valence electrons. The van der Waals surface area contributed by atoms with Gasteiger partial charge >= 0.3 is 0 Å². The number of rotatable bonds is 2. The van der Waals surface area contributed by atoms with Gasteiger partial charge in [0.05, 0.1) is 11.4 Å². The molecule has 7 heteroatoms. The predicted molar refractivity (Wildman–Crippen MR) is 92.8 cm³/mol. The molecule has 2 aromatic rings. The Labute approximate surface area is 138 Å². The highest BCUT2D eigenvalue weighted by molar-refractivity contribution is 6.31. The first-order valence-corrected chi connectivity index (χ1v) is 7.63. The van der Waals surface area contributed by atoms with Crippen molar-refractivity contribution in [2.24, 2.45) is 5.10 Å². The minimum Gasteiger partial charge on any atom is -0.285 e. The third kappa shape index (κ3) is 2.23. The van der Waals surface area contributed by atoms with E-state index >= 15 is 0 Å². The molecule has 23 heavy (non-hydrogen) atoms. The van der Waals surface area contributed by atoms with E-state index in [1.54, 1.807) is 10.1 Å². The Balaban J connectivity index is 1.63. The fourth-order valence-corrected chi connectivity index (χ4v) is 2.86. The van der Waals surface area contributed by atoms with Crippen molar-refractivity contribution in [2.75, 3.05) is 10.1 Å². The number of nitrogens with zero attached hydrogens (tertiary/aromatic N) is 3. The minimum atomic E-state index is -0.298. The highest BCUT2D eigenvalue weighted by atomic mass is 35.5. The summed E-state index contributed by atoms with van der Waals surface area (Å²) in [6, 6.07) is 15.1. The molecule has 1 unspecified atom stereocenters. The number of anilines is 2. The average molecular weight is 327 g/mol. The first kappa shape index (κ1) is 14.0. The van der Waals surface area contributed by atoms with Crippen molar-refractivity contribution in [3.8, 4) is 0 Å². The van der Waals surface area contributed by atoms with E-state index in [2.05, 4.69) is 16.0 Å². The van der Waals surface area contributed by atoms with Crippen LogP contribution in [0.1, 0.15) is 5.56 Å². The van der Waals surface area contributed by atoms with Gasteiger partial charge in [-0.1, -0.05) is 35.9 Å². The minimum absolute atomic E-state index is 0.298. The molecule has 4 rings (SSSR count). The summed E-state index contributed by atoms with van der Waals surface area (Å²) in [6.45, 7) is 1.95. The molecule has 0 amide bonds. The van der Waals surface area contributed by atoms with Gasteiger partial charge in [-0.2, -0.15) is 10.5 Å². The monoisotopic (exact) mass is 326 g/mol. The Kier molecular flexibility index (Phi) is 3.21. The topological polar surface area (TPSA) is 66.8 Å². The summed E-state index contributed by atoms with van der Waals surface area (Å²) in [5.74, 6) is 1.09. The van der Waals surface area contributed by atoms with Gasteiger partial charge in [0.25, 0.3) is 0 Å². The second-order valence-electron chi connectivity index (χ2n) is 5.41. The molecule has 1 saturated heterocycles. The van der Waals surface area contributed by atoms with Crippen molar-refractivity contribution in [1.29, 1.82) is 5.41 Å². The maximum atomic E-state index is 8.39. The molecule has 0 aliphatic carbocycles. The lowest BCUT2D eigenvalue weighted by Crippen LogP contribution is -2.44. The predicted octanol–water partition coefficient (Wildman–Crippen LogP) is 2.66. The highest BCUT2D eigenvalue weighted by Crippen LogP contribution is 2.29. The van der Waals surface area contributed by atoms with Gasteiger partial charge in [0.2, 0.25) is 0 Å². The number of hydrazone groups is 1. The molecule has 0 radical (unpaired) electrons. The van der Waals surface area contributed by atoms with E-state index in [1.165, 1.54) is 0 Å². The van der Waals surface area contributed by atoms with Gasteiger partial charge in [0, 0.05) is 5.02 Å². The quantitative estimate of drug-likeness (QED) is 0.793. The van der Waals surface area contributed by atoms with Crippen molar-refractivity contribution in [2.45, 2.75) is 13.0 Å². The zero-order valence-electron chi connectivity index (χ0n) is 12.4. The zero-order chi connectivity index (χ0) is 16.0. The van der Waals surface area contributed by atoms with E-state index < -0.39 is 0 Å². The van der Waals surface area contributed by atoms with Crippen LogP contribution in [-0.2, 0) is 0 Å². The lowest BCUT2D eigenvalue weighted by molar-refractivity contribution is 0.710. The molecule has 1 fully saturated rings. The van der Waals surface area contributed by atoms with Crippen LogP contribution in [0.4, 0.5) is 11.4 Å². The number of para-hydroxylation sites is 1. The molecular formula is C16H15ClN6. The van der Waals surface area contributed by atoms with E-state index in [1.807, 2.05) is 55.5 Å². The zero-order valence-corrected chi connectivity index (χ0v) is 13.2. The van der Waals surface area contributed by atoms with Crippen LogP contribution in [-0.4, -0.2) is 17.7 Å². The first-order chi connectivity index (χ1) is 11.1. The number of benzene rings is 2. The smallest absolute Gasteiger partial charge is 0.170 e. The van der Waals surface area contributed by atoms with Gasteiger partial charge in [-0.3, -0.25) is 10.8 Å². The summed E-state index contributed by atoms with van der Waals surface area (Å²) in [5, 5.41) is 17.0. The van der Waals surface area contributed by atoms with Crippen molar-refractivity contribution in [3.05, 3.63) is 59.1 Å². The Morgan fingerprint density at radius 1 is 1.13 bits per heavy atom. The van der Waals surface area contributed by atoms with Crippen molar-refractivity contribution in [1.82, 2.24) is 10.9 Å². The van der Waals surface area contributed by atoms with Crippen LogP contribution in [0.25, 0.3) is 0 Å². The van der Waals surface area contributed by atoms with Gasteiger partial charge in [-0.05, 0) is 36.8 Å². The molecule has 2 aliphatic rings.